The average molecular weight is 383 g/mol. The Morgan fingerprint density at radius 1 is 1.14 bits per heavy atom. The first-order valence-corrected chi connectivity index (χ1v) is 9.19. The molecule has 1 aromatic heterocycles. The van der Waals surface area contributed by atoms with Gasteiger partial charge in [-0.15, -0.1) is 11.3 Å². The van der Waals surface area contributed by atoms with Crippen molar-refractivity contribution in [2.75, 3.05) is 4.72 Å². The van der Waals surface area contributed by atoms with Gasteiger partial charge in [0.15, 0.2) is 0 Å². The maximum atomic E-state index is 12.3. The standard InChI is InChI=1S/C14H11BrN2O2S2/c1-9-16-13-8-11(4-7-14(13)20-9)17-21(18,19)12-5-2-10(15)3-6-12/h2-8,17H,1H3. The van der Waals surface area contributed by atoms with Crippen molar-refractivity contribution in [1.29, 1.82) is 0 Å². The quantitative estimate of drug-likeness (QED) is 0.739. The Hall–Kier alpha value is -1.44. The van der Waals surface area contributed by atoms with E-state index in [0.717, 1.165) is 19.7 Å². The molecule has 0 bridgehead atoms. The number of anilines is 1. The van der Waals surface area contributed by atoms with Crippen LogP contribution in [0.4, 0.5) is 5.69 Å². The molecule has 0 amide bonds. The molecule has 0 saturated carbocycles. The SMILES string of the molecule is Cc1nc2cc(NS(=O)(=O)c3ccc(Br)cc3)ccc2s1. The third-order valence-corrected chi connectivity index (χ3v) is 5.75. The Balaban J connectivity index is 1.94. The minimum absolute atomic E-state index is 0.222. The van der Waals surface area contributed by atoms with E-state index >= 15 is 0 Å². The molecule has 0 radical (unpaired) electrons. The Bertz CT molecular complexity index is 902. The number of hydrogen-bond donors (Lipinski definition) is 1. The summed E-state index contributed by atoms with van der Waals surface area (Å²) in [7, 11) is -3.59. The molecule has 7 heteroatoms. The molecule has 108 valence electrons. The molecule has 2 aromatic carbocycles. The molecule has 21 heavy (non-hydrogen) atoms. The first-order chi connectivity index (χ1) is 9.94. The van der Waals surface area contributed by atoms with Crippen molar-refractivity contribution in [3.05, 3.63) is 51.9 Å². The van der Waals surface area contributed by atoms with Gasteiger partial charge in [-0.05, 0) is 49.4 Å². The lowest BCUT2D eigenvalue weighted by atomic mass is 10.3. The van der Waals surface area contributed by atoms with E-state index in [1.54, 1.807) is 47.7 Å². The van der Waals surface area contributed by atoms with Crippen molar-refractivity contribution in [3.8, 4) is 0 Å². The van der Waals surface area contributed by atoms with Crippen molar-refractivity contribution in [2.24, 2.45) is 0 Å². The maximum absolute atomic E-state index is 12.3. The minimum atomic E-state index is -3.59. The molecule has 4 nitrogen and oxygen atoms in total. The highest BCUT2D eigenvalue weighted by atomic mass is 79.9. The van der Waals surface area contributed by atoms with E-state index in [1.807, 2.05) is 13.0 Å². The fourth-order valence-corrected chi connectivity index (χ4v) is 4.06. The highest BCUT2D eigenvalue weighted by molar-refractivity contribution is 9.10. The van der Waals surface area contributed by atoms with Crippen LogP contribution in [0.5, 0.6) is 0 Å². The summed E-state index contributed by atoms with van der Waals surface area (Å²) in [5.41, 5.74) is 1.31. The Morgan fingerprint density at radius 2 is 1.86 bits per heavy atom. The number of thiazole rings is 1. The van der Waals surface area contributed by atoms with Gasteiger partial charge < -0.3 is 0 Å². The zero-order valence-corrected chi connectivity index (χ0v) is 14.2. The number of benzene rings is 2. The van der Waals surface area contributed by atoms with Crippen molar-refractivity contribution in [1.82, 2.24) is 4.98 Å². The zero-order chi connectivity index (χ0) is 15.0. The fraction of sp³-hybridized carbons (Fsp3) is 0.0714. The van der Waals surface area contributed by atoms with Crippen LogP contribution in [0.15, 0.2) is 51.8 Å². The molecule has 0 aliphatic heterocycles. The summed E-state index contributed by atoms with van der Waals surface area (Å²) in [6, 6.07) is 11.9. The molecule has 0 aliphatic rings. The van der Waals surface area contributed by atoms with Gasteiger partial charge in [-0.25, -0.2) is 13.4 Å². The summed E-state index contributed by atoms with van der Waals surface area (Å²) in [4.78, 5) is 4.59. The summed E-state index contributed by atoms with van der Waals surface area (Å²) in [6.45, 7) is 1.93. The Labute approximate surface area is 135 Å². The number of halogens is 1. The van der Waals surface area contributed by atoms with Gasteiger partial charge in [0.2, 0.25) is 0 Å². The molecule has 0 atom stereocenters. The van der Waals surface area contributed by atoms with Crippen LogP contribution < -0.4 is 4.72 Å². The number of rotatable bonds is 3. The van der Waals surface area contributed by atoms with Crippen LogP contribution in [-0.2, 0) is 10.0 Å². The predicted molar refractivity (Wildman–Crippen MR) is 89.3 cm³/mol. The molecule has 0 spiro atoms. The van der Waals surface area contributed by atoms with E-state index in [0.29, 0.717) is 5.69 Å². The fourth-order valence-electron chi connectivity index (χ4n) is 1.93. The predicted octanol–water partition coefficient (Wildman–Crippen LogP) is 4.17. The van der Waals surface area contributed by atoms with Gasteiger partial charge in [0.25, 0.3) is 10.0 Å². The number of nitrogens with zero attached hydrogens (tertiary/aromatic N) is 1. The molecule has 1 heterocycles. The van der Waals surface area contributed by atoms with E-state index in [4.69, 9.17) is 0 Å². The van der Waals surface area contributed by atoms with Crippen molar-refractivity contribution >= 4 is 53.2 Å². The summed E-state index contributed by atoms with van der Waals surface area (Å²) < 4.78 is 29.1. The van der Waals surface area contributed by atoms with E-state index in [-0.39, 0.29) is 4.90 Å². The molecule has 0 fully saturated rings. The molecular formula is C14H11BrN2O2S2. The van der Waals surface area contributed by atoms with Crippen LogP contribution in [0, 0.1) is 6.92 Å². The lowest BCUT2D eigenvalue weighted by Gasteiger charge is -2.08. The van der Waals surface area contributed by atoms with Crippen LogP contribution in [0.2, 0.25) is 0 Å². The molecule has 3 aromatic rings. The topological polar surface area (TPSA) is 59.1 Å². The van der Waals surface area contributed by atoms with Gasteiger partial charge in [0.05, 0.1) is 25.8 Å². The van der Waals surface area contributed by atoms with E-state index in [1.165, 1.54) is 0 Å². The second-order valence-electron chi connectivity index (χ2n) is 4.47. The number of fused-ring (bicyclic) bond motifs is 1. The lowest BCUT2D eigenvalue weighted by Crippen LogP contribution is -2.12. The summed E-state index contributed by atoms with van der Waals surface area (Å²) >= 11 is 4.87. The third-order valence-electron chi connectivity index (χ3n) is 2.87. The van der Waals surface area contributed by atoms with Crippen LogP contribution >= 0.6 is 27.3 Å². The molecule has 1 N–H and O–H groups in total. The summed E-state index contributed by atoms with van der Waals surface area (Å²) in [5.74, 6) is 0. The molecule has 3 rings (SSSR count). The normalized spacial score (nSPS) is 11.7. The maximum Gasteiger partial charge on any atom is 0.261 e. The van der Waals surface area contributed by atoms with Crippen LogP contribution in [0.1, 0.15) is 5.01 Å². The lowest BCUT2D eigenvalue weighted by molar-refractivity contribution is 0.601. The highest BCUT2D eigenvalue weighted by Gasteiger charge is 2.14. The molecule has 0 aliphatic carbocycles. The number of hydrogen-bond acceptors (Lipinski definition) is 4. The van der Waals surface area contributed by atoms with Gasteiger partial charge in [0.1, 0.15) is 0 Å². The average Bonchev–Trinajstić information content (AvgIpc) is 2.78. The van der Waals surface area contributed by atoms with Crippen molar-refractivity contribution < 1.29 is 8.42 Å². The van der Waals surface area contributed by atoms with Crippen LogP contribution in [0.25, 0.3) is 10.2 Å². The first-order valence-electron chi connectivity index (χ1n) is 6.10. The first kappa shape index (κ1) is 14.5. The van der Waals surface area contributed by atoms with Crippen LogP contribution in [-0.4, -0.2) is 13.4 Å². The molecular weight excluding hydrogens is 372 g/mol. The van der Waals surface area contributed by atoms with E-state index in [9.17, 15) is 8.42 Å². The Kier molecular flexibility index (Phi) is 3.73. The van der Waals surface area contributed by atoms with Gasteiger partial charge >= 0.3 is 0 Å². The van der Waals surface area contributed by atoms with Gasteiger partial charge in [0, 0.05) is 4.47 Å². The number of sulfonamides is 1. The second-order valence-corrected chi connectivity index (χ2v) is 8.31. The third kappa shape index (κ3) is 3.09. The summed E-state index contributed by atoms with van der Waals surface area (Å²) in [5, 5.41) is 0.956. The molecule has 0 unspecified atom stereocenters. The largest absolute Gasteiger partial charge is 0.280 e. The number of aromatic nitrogens is 1. The number of nitrogens with one attached hydrogen (secondary N) is 1. The zero-order valence-electron chi connectivity index (χ0n) is 11.0. The van der Waals surface area contributed by atoms with Crippen molar-refractivity contribution in [3.63, 3.8) is 0 Å². The number of aryl methyl sites for hydroxylation is 1. The smallest absolute Gasteiger partial charge is 0.261 e. The Morgan fingerprint density at radius 3 is 2.57 bits per heavy atom. The van der Waals surface area contributed by atoms with Gasteiger partial charge in [-0.2, -0.15) is 0 Å². The monoisotopic (exact) mass is 382 g/mol. The summed E-state index contributed by atoms with van der Waals surface area (Å²) in [6.07, 6.45) is 0. The van der Waals surface area contributed by atoms with Gasteiger partial charge in [-0.3, -0.25) is 4.72 Å². The highest BCUT2D eigenvalue weighted by Crippen LogP contribution is 2.26. The minimum Gasteiger partial charge on any atom is -0.280 e. The van der Waals surface area contributed by atoms with Gasteiger partial charge in [-0.1, -0.05) is 15.9 Å². The van der Waals surface area contributed by atoms with E-state index < -0.39 is 10.0 Å². The van der Waals surface area contributed by atoms with Crippen molar-refractivity contribution in [2.45, 2.75) is 11.8 Å². The second kappa shape index (κ2) is 5.40. The van der Waals surface area contributed by atoms with Crippen LogP contribution in [0.3, 0.4) is 0 Å². The van der Waals surface area contributed by atoms with E-state index in [2.05, 4.69) is 25.6 Å². The molecule has 0 saturated heterocycles.